The molecule has 0 aliphatic heterocycles. The summed E-state index contributed by atoms with van der Waals surface area (Å²) in [6.07, 6.45) is 0. The first kappa shape index (κ1) is 19.4. The van der Waals surface area contributed by atoms with E-state index in [9.17, 15) is 17.6 Å². The van der Waals surface area contributed by atoms with Gasteiger partial charge in [-0.25, -0.2) is 17.6 Å². The number of nitrogens with zero attached hydrogens (tertiary/aromatic N) is 1. The molecule has 0 fully saturated rings. The molecule has 0 aliphatic carbocycles. The van der Waals surface area contributed by atoms with Crippen LogP contribution in [0.15, 0.2) is 47.4 Å². The average Bonchev–Trinajstić information content (AvgIpc) is 2.58. The highest BCUT2D eigenvalue weighted by molar-refractivity contribution is 7.89. The highest BCUT2D eigenvalue weighted by Crippen LogP contribution is 2.26. The molecule has 0 heterocycles. The molecule has 25 heavy (non-hydrogen) atoms. The number of halogens is 2. The van der Waals surface area contributed by atoms with Crippen molar-refractivity contribution < 1.29 is 22.3 Å². The summed E-state index contributed by atoms with van der Waals surface area (Å²) >= 11 is 6.01. The van der Waals surface area contributed by atoms with Crippen LogP contribution in [0.25, 0.3) is 0 Å². The number of benzene rings is 2. The Bertz CT molecular complexity index is 882. The number of ether oxygens (including phenoxy) is 1. The van der Waals surface area contributed by atoms with Gasteiger partial charge < -0.3 is 4.74 Å². The van der Waals surface area contributed by atoms with Crippen molar-refractivity contribution in [3.63, 3.8) is 0 Å². The van der Waals surface area contributed by atoms with E-state index in [0.29, 0.717) is 0 Å². The van der Waals surface area contributed by atoms with Gasteiger partial charge in [0, 0.05) is 13.1 Å². The van der Waals surface area contributed by atoms with E-state index in [0.717, 1.165) is 12.1 Å². The average molecular weight is 386 g/mol. The maximum atomic E-state index is 13.6. The molecule has 0 aliphatic rings. The van der Waals surface area contributed by atoms with Crippen molar-refractivity contribution in [3.05, 3.63) is 58.9 Å². The van der Waals surface area contributed by atoms with Crippen molar-refractivity contribution in [3.8, 4) is 5.75 Å². The molecule has 0 amide bonds. The summed E-state index contributed by atoms with van der Waals surface area (Å²) in [7, 11) is -3.85. The minimum atomic E-state index is -3.85. The zero-order valence-electron chi connectivity index (χ0n) is 13.7. The topological polar surface area (TPSA) is 63.7 Å². The van der Waals surface area contributed by atoms with Crippen molar-refractivity contribution in [1.82, 2.24) is 4.31 Å². The summed E-state index contributed by atoms with van der Waals surface area (Å²) in [6, 6.07) is 9.20. The first-order chi connectivity index (χ1) is 11.8. The monoisotopic (exact) mass is 385 g/mol. The predicted octanol–water partition coefficient (Wildman–Crippen LogP) is 3.73. The summed E-state index contributed by atoms with van der Waals surface area (Å²) in [5.41, 5.74) is -0.0432. The second-order valence-corrected chi connectivity index (χ2v) is 7.37. The van der Waals surface area contributed by atoms with Gasteiger partial charge in [-0.1, -0.05) is 37.6 Å². The van der Waals surface area contributed by atoms with Gasteiger partial charge >= 0.3 is 5.97 Å². The number of carbonyl (C=O) groups is 1. The molecule has 0 saturated carbocycles. The summed E-state index contributed by atoms with van der Waals surface area (Å²) in [4.78, 5) is 12.0. The lowest BCUT2D eigenvalue weighted by molar-refractivity contribution is 0.0727. The second kappa shape index (κ2) is 7.95. The number of hydrogen-bond donors (Lipinski definition) is 0. The van der Waals surface area contributed by atoms with Gasteiger partial charge in [0.2, 0.25) is 10.0 Å². The van der Waals surface area contributed by atoms with Crippen LogP contribution in [0.5, 0.6) is 5.75 Å². The Balaban J connectivity index is 2.39. The lowest BCUT2D eigenvalue weighted by atomic mass is 10.2. The molecule has 0 spiro atoms. The van der Waals surface area contributed by atoms with Crippen LogP contribution in [0.3, 0.4) is 0 Å². The normalized spacial score (nSPS) is 11.6. The van der Waals surface area contributed by atoms with Gasteiger partial charge in [-0.05, 0) is 30.3 Å². The second-order valence-electron chi connectivity index (χ2n) is 5.05. The fraction of sp³-hybridized carbons (Fsp3) is 0.235. The molecule has 5 nitrogen and oxygen atoms in total. The van der Waals surface area contributed by atoms with Crippen molar-refractivity contribution >= 4 is 27.6 Å². The first-order valence-electron chi connectivity index (χ1n) is 7.57. The summed E-state index contributed by atoms with van der Waals surface area (Å²) in [6.45, 7) is 3.93. The molecule has 0 bridgehead atoms. The molecule has 0 N–H and O–H groups in total. The van der Waals surface area contributed by atoms with Gasteiger partial charge in [0.05, 0.1) is 10.6 Å². The van der Waals surface area contributed by atoms with Crippen LogP contribution in [-0.2, 0) is 10.0 Å². The van der Waals surface area contributed by atoms with Crippen LogP contribution >= 0.6 is 11.6 Å². The van der Waals surface area contributed by atoms with Crippen LogP contribution in [0.1, 0.15) is 24.2 Å². The van der Waals surface area contributed by atoms with Gasteiger partial charge in [-0.15, -0.1) is 0 Å². The lowest BCUT2D eigenvalue weighted by Gasteiger charge is -2.19. The molecule has 8 heteroatoms. The Kier molecular flexibility index (Phi) is 6.16. The standard InChI is InChI=1S/C17H17ClFNO4S/c1-3-20(4-2)25(22,23)16-11-12(9-10-13(16)18)17(21)24-15-8-6-5-7-14(15)19/h5-11H,3-4H2,1-2H3. The van der Waals surface area contributed by atoms with Gasteiger partial charge in [0.15, 0.2) is 11.6 Å². The number of para-hydroxylation sites is 1. The molecule has 2 aromatic rings. The van der Waals surface area contributed by atoms with Crippen LogP contribution in [0, 0.1) is 5.82 Å². The van der Waals surface area contributed by atoms with Crippen LogP contribution in [0.4, 0.5) is 4.39 Å². The Hall–Kier alpha value is -1.96. The molecule has 2 rings (SSSR count). The van der Waals surface area contributed by atoms with E-state index in [1.54, 1.807) is 13.8 Å². The highest BCUT2D eigenvalue weighted by Gasteiger charge is 2.26. The third-order valence-corrected chi connectivity index (χ3v) is 6.06. The first-order valence-corrected chi connectivity index (χ1v) is 9.39. The maximum Gasteiger partial charge on any atom is 0.343 e. The van der Waals surface area contributed by atoms with E-state index in [4.69, 9.17) is 16.3 Å². The SMILES string of the molecule is CCN(CC)S(=O)(=O)c1cc(C(=O)Oc2ccccc2F)ccc1Cl. The number of rotatable bonds is 6. The van der Waals surface area contributed by atoms with Gasteiger partial charge in [-0.2, -0.15) is 4.31 Å². The Morgan fingerprint density at radius 2 is 1.80 bits per heavy atom. The zero-order chi connectivity index (χ0) is 18.6. The molecule has 0 saturated heterocycles. The van der Waals surface area contributed by atoms with Crippen molar-refractivity contribution in [1.29, 1.82) is 0 Å². The largest absolute Gasteiger partial charge is 0.420 e. The van der Waals surface area contributed by atoms with E-state index in [2.05, 4.69) is 0 Å². The van der Waals surface area contributed by atoms with Crippen molar-refractivity contribution in [2.24, 2.45) is 0 Å². The Labute approximate surface area is 151 Å². The number of esters is 1. The minimum Gasteiger partial charge on any atom is -0.420 e. The van der Waals surface area contributed by atoms with Crippen LogP contribution in [0.2, 0.25) is 5.02 Å². The predicted molar refractivity (Wildman–Crippen MR) is 92.9 cm³/mol. The number of hydrogen-bond acceptors (Lipinski definition) is 4. The molecule has 134 valence electrons. The van der Waals surface area contributed by atoms with E-state index >= 15 is 0 Å². The van der Waals surface area contributed by atoms with Crippen molar-refractivity contribution in [2.75, 3.05) is 13.1 Å². The molecular formula is C17H17ClFNO4S. The zero-order valence-corrected chi connectivity index (χ0v) is 15.3. The minimum absolute atomic E-state index is 0.00524. The van der Waals surface area contributed by atoms with E-state index in [-0.39, 0.29) is 34.3 Å². The number of sulfonamides is 1. The number of carbonyl (C=O) groups excluding carboxylic acids is 1. The van der Waals surface area contributed by atoms with Crippen molar-refractivity contribution in [2.45, 2.75) is 18.7 Å². The quantitative estimate of drug-likeness (QED) is 0.561. The molecule has 0 radical (unpaired) electrons. The van der Waals surface area contributed by atoms with Crippen LogP contribution in [-0.4, -0.2) is 31.8 Å². The van der Waals surface area contributed by atoms with E-state index in [1.807, 2.05) is 0 Å². The van der Waals surface area contributed by atoms with Gasteiger partial charge in [0.1, 0.15) is 4.90 Å². The Morgan fingerprint density at radius 3 is 2.40 bits per heavy atom. The highest BCUT2D eigenvalue weighted by atomic mass is 35.5. The third kappa shape index (κ3) is 4.18. The Morgan fingerprint density at radius 1 is 1.16 bits per heavy atom. The van der Waals surface area contributed by atoms with Gasteiger partial charge in [-0.3, -0.25) is 0 Å². The van der Waals surface area contributed by atoms with Gasteiger partial charge in [0.25, 0.3) is 0 Å². The lowest BCUT2D eigenvalue weighted by Crippen LogP contribution is -2.31. The summed E-state index contributed by atoms with van der Waals surface area (Å²) < 4.78 is 45.1. The molecule has 2 aromatic carbocycles. The molecule has 0 unspecified atom stereocenters. The molecule has 0 atom stereocenters. The smallest absolute Gasteiger partial charge is 0.343 e. The van der Waals surface area contributed by atoms with E-state index in [1.165, 1.54) is 34.6 Å². The fourth-order valence-corrected chi connectivity index (χ4v) is 4.18. The fourth-order valence-electron chi connectivity index (χ4n) is 2.22. The van der Waals surface area contributed by atoms with E-state index < -0.39 is 21.8 Å². The summed E-state index contributed by atoms with van der Waals surface area (Å²) in [5, 5.41) is -0.00524. The third-order valence-electron chi connectivity index (χ3n) is 3.53. The maximum absolute atomic E-state index is 13.6. The molecule has 0 aromatic heterocycles. The molecular weight excluding hydrogens is 369 g/mol. The summed E-state index contributed by atoms with van der Waals surface area (Å²) in [5.74, 6) is -1.81. The van der Waals surface area contributed by atoms with Crippen LogP contribution < -0.4 is 4.74 Å².